The molecule has 0 fully saturated rings. The third-order valence-corrected chi connectivity index (χ3v) is 6.30. The van der Waals surface area contributed by atoms with Crippen LogP contribution in [0.25, 0.3) is 21.7 Å². The maximum Gasteiger partial charge on any atom is 0.338 e. The van der Waals surface area contributed by atoms with Gasteiger partial charge in [0.05, 0.1) is 38.4 Å². The molecular weight excluding hydrogens is 466 g/mol. The summed E-state index contributed by atoms with van der Waals surface area (Å²) in [5.74, 6) is 2.69. The summed E-state index contributed by atoms with van der Waals surface area (Å²) in [6.45, 7) is 2.04. The molecular formula is C27H25NO6S. The molecule has 0 unspecified atom stereocenters. The normalized spacial score (nSPS) is 11.3. The van der Waals surface area contributed by atoms with E-state index >= 15 is 0 Å². The molecule has 2 aromatic carbocycles. The van der Waals surface area contributed by atoms with Gasteiger partial charge in [-0.1, -0.05) is 0 Å². The molecule has 0 bridgehead atoms. The zero-order valence-corrected chi connectivity index (χ0v) is 20.7. The summed E-state index contributed by atoms with van der Waals surface area (Å²) in [4.78, 5) is 17.7. The molecule has 4 rings (SSSR count). The van der Waals surface area contributed by atoms with E-state index in [2.05, 4.69) is 4.98 Å². The van der Waals surface area contributed by atoms with Gasteiger partial charge in [0.15, 0.2) is 17.2 Å². The molecule has 35 heavy (non-hydrogen) atoms. The van der Waals surface area contributed by atoms with Crippen LogP contribution in [-0.2, 0) is 9.53 Å². The number of pyridine rings is 1. The quantitative estimate of drug-likeness (QED) is 0.203. The molecule has 0 spiro atoms. The molecule has 0 aliphatic carbocycles. The van der Waals surface area contributed by atoms with Crippen molar-refractivity contribution in [3.63, 3.8) is 0 Å². The van der Waals surface area contributed by atoms with Gasteiger partial charge in [0, 0.05) is 28.5 Å². The minimum absolute atomic E-state index is 0.261. The minimum Gasteiger partial charge on any atom is -0.497 e. The van der Waals surface area contributed by atoms with Crippen LogP contribution < -0.4 is 18.9 Å². The fourth-order valence-electron chi connectivity index (χ4n) is 3.51. The average Bonchev–Trinajstić information content (AvgIpc) is 3.22. The van der Waals surface area contributed by atoms with Crippen molar-refractivity contribution in [1.82, 2.24) is 4.98 Å². The number of fused-ring (bicyclic) bond motifs is 1. The number of rotatable bonds is 9. The highest BCUT2D eigenvalue weighted by Gasteiger charge is 2.20. The molecule has 0 aliphatic heterocycles. The molecule has 8 heteroatoms. The number of aromatic nitrogens is 1. The fourth-order valence-corrected chi connectivity index (χ4v) is 4.60. The van der Waals surface area contributed by atoms with E-state index in [1.54, 1.807) is 58.9 Å². The van der Waals surface area contributed by atoms with Gasteiger partial charge >= 0.3 is 5.97 Å². The minimum atomic E-state index is -0.429. The SMILES string of the molecule is CCOC(=O)/C(=C/c1sc2cc(OC)c(OC)cc2c1Oc1ccc(OC)cc1)c1ccncc1. The van der Waals surface area contributed by atoms with E-state index in [4.69, 9.17) is 23.7 Å². The van der Waals surface area contributed by atoms with Crippen molar-refractivity contribution in [1.29, 1.82) is 0 Å². The van der Waals surface area contributed by atoms with E-state index in [-0.39, 0.29) is 6.61 Å². The van der Waals surface area contributed by atoms with Crippen LogP contribution in [0.5, 0.6) is 28.7 Å². The van der Waals surface area contributed by atoms with Crippen molar-refractivity contribution in [2.24, 2.45) is 0 Å². The Bertz CT molecular complexity index is 1350. The second kappa shape index (κ2) is 10.9. The summed E-state index contributed by atoms with van der Waals surface area (Å²) in [6, 6.07) is 14.6. The van der Waals surface area contributed by atoms with Crippen LogP contribution in [0.15, 0.2) is 60.9 Å². The Morgan fingerprint density at radius 1 is 0.914 bits per heavy atom. The average molecular weight is 492 g/mol. The summed E-state index contributed by atoms with van der Waals surface area (Å²) in [5, 5.41) is 0.827. The van der Waals surface area contributed by atoms with Gasteiger partial charge in [-0.25, -0.2) is 4.79 Å². The predicted octanol–water partition coefficient (Wildman–Crippen LogP) is 6.22. The van der Waals surface area contributed by atoms with E-state index in [0.29, 0.717) is 34.1 Å². The molecule has 7 nitrogen and oxygen atoms in total. The van der Waals surface area contributed by atoms with Crippen LogP contribution in [0.2, 0.25) is 0 Å². The monoisotopic (exact) mass is 491 g/mol. The third kappa shape index (κ3) is 5.22. The Kier molecular flexibility index (Phi) is 7.52. The van der Waals surface area contributed by atoms with Crippen LogP contribution in [0, 0.1) is 0 Å². The van der Waals surface area contributed by atoms with Gasteiger partial charge in [0.2, 0.25) is 0 Å². The number of thiophene rings is 1. The molecule has 0 aliphatic rings. The largest absolute Gasteiger partial charge is 0.497 e. The number of hydrogen-bond donors (Lipinski definition) is 0. The number of nitrogens with zero attached hydrogens (tertiary/aromatic N) is 1. The Hall–Kier alpha value is -4.04. The van der Waals surface area contributed by atoms with Crippen molar-refractivity contribution in [2.75, 3.05) is 27.9 Å². The first-order valence-electron chi connectivity index (χ1n) is 10.9. The van der Waals surface area contributed by atoms with Crippen molar-refractivity contribution >= 4 is 39.0 Å². The topological polar surface area (TPSA) is 76.1 Å². The predicted molar refractivity (Wildman–Crippen MR) is 137 cm³/mol. The van der Waals surface area contributed by atoms with Gasteiger partial charge < -0.3 is 23.7 Å². The zero-order valence-electron chi connectivity index (χ0n) is 19.9. The zero-order chi connectivity index (χ0) is 24.8. The molecule has 180 valence electrons. The summed E-state index contributed by atoms with van der Waals surface area (Å²) >= 11 is 1.47. The van der Waals surface area contributed by atoms with Crippen molar-refractivity contribution in [2.45, 2.75) is 6.92 Å². The van der Waals surface area contributed by atoms with Gasteiger partial charge in [-0.2, -0.15) is 0 Å². The first kappa shape index (κ1) is 24.1. The molecule has 4 aromatic rings. The molecule has 0 saturated heterocycles. The number of ether oxygens (including phenoxy) is 5. The smallest absolute Gasteiger partial charge is 0.338 e. The van der Waals surface area contributed by atoms with Crippen LogP contribution >= 0.6 is 11.3 Å². The summed E-state index contributed by atoms with van der Waals surface area (Å²) in [5.41, 5.74) is 1.10. The fraction of sp³-hybridized carbons (Fsp3) is 0.185. The van der Waals surface area contributed by atoms with Gasteiger partial charge in [-0.05, 0) is 61.0 Å². The number of esters is 1. The Balaban J connectivity index is 1.91. The van der Waals surface area contributed by atoms with Gasteiger partial charge in [-0.15, -0.1) is 11.3 Å². The maximum atomic E-state index is 12.9. The van der Waals surface area contributed by atoms with Crippen LogP contribution in [0.4, 0.5) is 0 Å². The molecule has 2 aromatic heterocycles. The number of methoxy groups -OCH3 is 3. The Labute approximate surface area is 207 Å². The van der Waals surface area contributed by atoms with E-state index < -0.39 is 5.97 Å². The molecule has 0 saturated carbocycles. The van der Waals surface area contributed by atoms with E-state index in [0.717, 1.165) is 20.7 Å². The van der Waals surface area contributed by atoms with Crippen molar-refractivity contribution in [3.8, 4) is 28.7 Å². The first-order chi connectivity index (χ1) is 17.1. The second-order valence-electron chi connectivity index (χ2n) is 7.29. The number of benzene rings is 2. The van der Waals surface area contributed by atoms with Crippen LogP contribution in [0.3, 0.4) is 0 Å². The van der Waals surface area contributed by atoms with Crippen molar-refractivity contribution in [3.05, 3.63) is 71.4 Å². The highest BCUT2D eigenvalue weighted by molar-refractivity contribution is 7.20. The van der Waals surface area contributed by atoms with Gasteiger partial charge in [0.1, 0.15) is 11.5 Å². The lowest BCUT2D eigenvalue weighted by Gasteiger charge is -2.11. The lowest BCUT2D eigenvalue weighted by molar-refractivity contribution is -0.136. The van der Waals surface area contributed by atoms with Gasteiger partial charge in [-0.3, -0.25) is 4.98 Å². The highest BCUT2D eigenvalue weighted by atomic mass is 32.1. The molecule has 2 heterocycles. The summed E-state index contributed by atoms with van der Waals surface area (Å²) in [7, 11) is 4.79. The summed E-state index contributed by atoms with van der Waals surface area (Å²) in [6.07, 6.45) is 5.06. The third-order valence-electron chi connectivity index (χ3n) is 5.22. The second-order valence-corrected chi connectivity index (χ2v) is 8.37. The number of carbonyl (C=O) groups is 1. The van der Waals surface area contributed by atoms with Crippen LogP contribution in [0.1, 0.15) is 17.4 Å². The first-order valence-corrected chi connectivity index (χ1v) is 11.7. The Morgan fingerprint density at radius 3 is 2.20 bits per heavy atom. The summed E-state index contributed by atoms with van der Waals surface area (Å²) < 4.78 is 28.9. The molecule has 0 amide bonds. The highest BCUT2D eigenvalue weighted by Crippen LogP contribution is 2.46. The number of hydrogen-bond acceptors (Lipinski definition) is 8. The molecule has 0 N–H and O–H groups in total. The lowest BCUT2D eigenvalue weighted by Crippen LogP contribution is -2.06. The van der Waals surface area contributed by atoms with Crippen LogP contribution in [-0.4, -0.2) is 38.9 Å². The Morgan fingerprint density at radius 2 is 1.57 bits per heavy atom. The van der Waals surface area contributed by atoms with Crippen molar-refractivity contribution < 1.29 is 28.5 Å². The van der Waals surface area contributed by atoms with E-state index in [1.165, 1.54) is 11.3 Å². The maximum absolute atomic E-state index is 12.9. The molecule has 0 radical (unpaired) electrons. The molecule has 0 atom stereocenters. The number of carbonyl (C=O) groups excluding carboxylic acids is 1. The van der Waals surface area contributed by atoms with E-state index in [9.17, 15) is 4.79 Å². The van der Waals surface area contributed by atoms with E-state index in [1.807, 2.05) is 36.4 Å². The van der Waals surface area contributed by atoms with Gasteiger partial charge in [0.25, 0.3) is 0 Å². The standard InChI is InChI=1S/C27H25NO6S/c1-5-33-27(29)20(17-10-12-28-13-11-17)15-25-26(34-19-8-6-18(30-2)7-9-19)21-14-22(31-3)23(32-4)16-24(21)35-25/h6-16H,5H2,1-4H3/b20-15+. The lowest BCUT2D eigenvalue weighted by atomic mass is 10.1.